The van der Waals surface area contributed by atoms with Crippen LogP contribution in [0.4, 0.5) is 16.3 Å². The zero-order chi connectivity index (χ0) is 23.4. The van der Waals surface area contributed by atoms with E-state index in [9.17, 15) is 4.79 Å². The van der Waals surface area contributed by atoms with Crippen molar-refractivity contribution in [3.8, 4) is 22.9 Å². The maximum absolute atomic E-state index is 12.8. The van der Waals surface area contributed by atoms with E-state index in [-0.39, 0.29) is 6.03 Å². The third kappa shape index (κ3) is 5.34. The van der Waals surface area contributed by atoms with Gasteiger partial charge in [-0.25, -0.2) is 14.8 Å². The number of hydrogen-bond acceptors (Lipinski definition) is 6. The van der Waals surface area contributed by atoms with Crippen LogP contribution in [0.5, 0.6) is 11.5 Å². The molecule has 0 spiro atoms. The monoisotopic (exact) mass is 447 g/mol. The molecule has 0 saturated carbocycles. The number of urea groups is 1. The summed E-state index contributed by atoms with van der Waals surface area (Å²) < 4.78 is 10.6. The lowest BCUT2D eigenvalue weighted by molar-refractivity contribution is 0.208. The molecule has 2 heterocycles. The third-order valence-corrected chi connectivity index (χ3v) is 5.64. The average molecular weight is 448 g/mol. The highest BCUT2D eigenvalue weighted by Crippen LogP contribution is 2.26. The maximum atomic E-state index is 12.8. The van der Waals surface area contributed by atoms with Crippen molar-refractivity contribution >= 4 is 17.5 Å². The summed E-state index contributed by atoms with van der Waals surface area (Å²) in [5.41, 5.74) is 3.75. The van der Waals surface area contributed by atoms with Crippen LogP contribution in [-0.2, 0) is 0 Å². The molecule has 0 radical (unpaired) electrons. The topological polar surface area (TPSA) is 79.8 Å². The summed E-state index contributed by atoms with van der Waals surface area (Å²) in [5, 5.41) is 2.94. The summed E-state index contributed by atoms with van der Waals surface area (Å²) in [5.74, 6) is 2.85. The zero-order valence-electron chi connectivity index (χ0n) is 19.5. The molecule has 2 amide bonds. The predicted octanol–water partition coefficient (Wildman–Crippen LogP) is 4.13. The molecule has 8 nitrogen and oxygen atoms in total. The minimum absolute atomic E-state index is 0.149. The van der Waals surface area contributed by atoms with Gasteiger partial charge >= 0.3 is 6.03 Å². The number of nitrogens with one attached hydrogen (secondary N) is 1. The van der Waals surface area contributed by atoms with Crippen LogP contribution < -0.4 is 19.7 Å². The number of ether oxygens (including phenoxy) is 2. The van der Waals surface area contributed by atoms with Gasteiger partial charge in [-0.05, 0) is 13.8 Å². The summed E-state index contributed by atoms with van der Waals surface area (Å²) in [7, 11) is 3.16. The van der Waals surface area contributed by atoms with Crippen LogP contribution in [-0.4, -0.2) is 61.3 Å². The van der Waals surface area contributed by atoms with Gasteiger partial charge in [0.2, 0.25) is 0 Å². The molecule has 2 aromatic carbocycles. The van der Waals surface area contributed by atoms with E-state index in [1.165, 1.54) is 5.56 Å². The van der Waals surface area contributed by atoms with Crippen LogP contribution in [0.1, 0.15) is 11.3 Å². The van der Waals surface area contributed by atoms with Gasteiger partial charge in [-0.3, -0.25) is 0 Å². The van der Waals surface area contributed by atoms with Gasteiger partial charge < -0.3 is 24.6 Å². The number of benzene rings is 2. The van der Waals surface area contributed by atoms with E-state index in [1.54, 1.807) is 37.3 Å². The Labute approximate surface area is 194 Å². The van der Waals surface area contributed by atoms with Crippen LogP contribution in [0, 0.1) is 13.8 Å². The largest absolute Gasteiger partial charge is 0.497 e. The number of carbonyl (C=O) groups excluding carboxylic acids is 1. The molecule has 0 atom stereocenters. The standard InChI is InChI=1S/C25H29N5O3/c1-17-5-7-19(8-6-17)24-26-18(2)13-23(28-24)29-9-11-30(12-10-29)25(31)27-20-14-21(32-3)16-22(15-20)33-4/h5-8,13-16H,9-12H2,1-4H3,(H,27,31). The first-order chi connectivity index (χ1) is 15.9. The summed E-state index contributed by atoms with van der Waals surface area (Å²) in [4.78, 5) is 26.2. The maximum Gasteiger partial charge on any atom is 0.321 e. The zero-order valence-corrected chi connectivity index (χ0v) is 19.5. The van der Waals surface area contributed by atoms with E-state index >= 15 is 0 Å². The van der Waals surface area contributed by atoms with Gasteiger partial charge in [0.05, 0.1) is 14.2 Å². The highest BCUT2D eigenvalue weighted by Gasteiger charge is 2.23. The highest BCUT2D eigenvalue weighted by atomic mass is 16.5. The Kier molecular flexibility index (Phi) is 6.63. The minimum atomic E-state index is -0.149. The number of aryl methyl sites for hydroxylation is 2. The lowest BCUT2D eigenvalue weighted by atomic mass is 10.1. The molecule has 0 bridgehead atoms. The van der Waals surface area contributed by atoms with E-state index in [0.29, 0.717) is 43.4 Å². The van der Waals surface area contributed by atoms with Crippen molar-refractivity contribution in [3.63, 3.8) is 0 Å². The lowest BCUT2D eigenvalue weighted by Crippen LogP contribution is -2.50. The first-order valence-corrected chi connectivity index (χ1v) is 10.9. The third-order valence-electron chi connectivity index (χ3n) is 5.64. The van der Waals surface area contributed by atoms with E-state index in [0.717, 1.165) is 22.9 Å². The second-order valence-corrected chi connectivity index (χ2v) is 8.06. The molecule has 33 heavy (non-hydrogen) atoms. The average Bonchev–Trinajstić information content (AvgIpc) is 2.83. The molecule has 1 aromatic heterocycles. The Morgan fingerprint density at radius 2 is 1.52 bits per heavy atom. The van der Waals surface area contributed by atoms with Gasteiger partial charge in [-0.15, -0.1) is 0 Å². The number of methoxy groups -OCH3 is 2. The molecule has 1 aliphatic heterocycles. The molecule has 1 aliphatic rings. The summed E-state index contributed by atoms with van der Waals surface area (Å²) in [6, 6.07) is 15.4. The lowest BCUT2D eigenvalue weighted by Gasteiger charge is -2.35. The Morgan fingerprint density at radius 3 is 2.12 bits per heavy atom. The van der Waals surface area contributed by atoms with Gasteiger partial charge in [0, 0.05) is 67.4 Å². The number of amides is 2. The van der Waals surface area contributed by atoms with Crippen LogP contribution in [0.25, 0.3) is 11.4 Å². The summed E-state index contributed by atoms with van der Waals surface area (Å²) in [6.45, 7) is 6.62. The van der Waals surface area contributed by atoms with Crippen molar-refractivity contribution in [3.05, 3.63) is 59.8 Å². The quantitative estimate of drug-likeness (QED) is 0.634. The molecule has 0 aliphatic carbocycles. The normalized spacial score (nSPS) is 13.6. The van der Waals surface area contributed by atoms with Crippen LogP contribution in [0.3, 0.4) is 0 Å². The second kappa shape index (κ2) is 9.77. The highest BCUT2D eigenvalue weighted by molar-refractivity contribution is 5.90. The van der Waals surface area contributed by atoms with E-state index < -0.39 is 0 Å². The molecule has 4 rings (SSSR count). The SMILES string of the molecule is COc1cc(NC(=O)N2CCN(c3cc(C)nc(-c4ccc(C)cc4)n3)CC2)cc(OC)c1. The molecule has 0 unspecified atom stereocenters. The van der Waals surface area contributed by atoms with Gasteiger partial charge in [0.15, 0.2) is 5.82 Å². The first-order valence-electron chi connectivity index (χ1n) is 10.9. The molecule has 1 saturated heterocycles. The number of rotatable bonds is 5. The molecule has 172 valence electrons. The Bertz CT molecular complexity index is 1100. The molecular formula is C25H29N5O3. The van der Waals surface area contributed by atoms with Gasteiger partial charge in [-0.1, -0.05) is 29.8 Å². The van der Waals surface area contributed by atoms with Crippen molar-refractivity contribution in [1.82, 2.24) is 14.9 Å². The van der Waals surface area contributed by atoms with Gasteiger partial charge in [-0.2, -0.15) is 0 Å². The number of carbonyl (C=O) groups is 1. The number of nitrogens with zero attached hydrogens (tertiary/aromatic N) is 4. The fraction of sp³-hybridized carbons (Fsp3) is 0.320. The number of hydrogen-bond donors (Lipinski definition) is 1. The van der Waals surface area contributed by atoms with E-state index in [1.807, 2.05) is 25.1 Å². The molecule has 3 aromatic rings. The van der Waals surface area contributed by atoms with Crippen LogP contribution in [0.2, 0.25) is 0 Å². The second-order valence-electron chi connectivity index (χ2n) is 8.06. The van der Waals surface area contributed by atoms with E-state index in [2.05, 4.69) is 34.3 Å². The fourth-order valence-corrected chi connectivity index (χ4v) is 3.77. The van der Waals surface area contributed by atoms with Gasteiger partial charge in [0.1, 0.15) is 17.3 Å². The predicted molar refractivity (Wildman–Crippen MR) is 129 cm³/mol. The molecular weight excluding hydrogens is 418 g/mol. The van der Waals surface area contributed by atoms with E-state index in [4.69, 9.17) is 14.5 Å². The Morgan fingerprint density at radius 1 is 0.879 bits per heavy atom. The van der Waals surface area contributed by atoms with Crippen molar-refractivity contribution in [2.24, 2.45) is 0 Å². The Hall–Kier alpha value is -3.81. The molecule has 8 heteroatoms. The number of piperazine rings is 1. The summed E-state index contributed by atoms with van der Waals surface area (Å²) in [6.07, 6.45) is 0. The van der Waals surface area contributed by atoms with Crippen molar-refractivity contribution in [2.75, 3.05) is 50.6 Å². The Balaban J connectivity index is 1.42. The van der Waals surface area contributed by atoms with Crippen LogP contribution in [0.15, 0.2) is 48.5 Å². The van der Waals surface area contributed by atoms with Gasteiger partial charge in [0.25, 0.3) is 0 Å². The number of aromatic nitrogens is 2. The smallest absolute Gasteiger partial charge is 0.321 e. The van der Waals surface area contributed by atoms with Crippen molar-refractivity contribution in [2.45, 2.75) is 13.8 Å². The van der Waals surface area contributed by atoms with Crippen LogP contribution >= 0.6 is 0 Å². The molecule has 1 N–H and O–H groups in total. The molecule has 1 fully saturated rings. The first kappa shape index (κ1) is 22.4. The minimum Gasteiger partial charge on any atom is -0.497 e. The fourth-order valence-electron chi connectivity index (χ4n) is 3.77. The number of anilines is 2. The summed E-state index contributed by atoms with van der Waals surface area (Å²) >= 11 is 0. The van der Waals surface area contributed by atoms with Crippen molar-refractivity contribution < 1.29 is 14.3 Å². The van der Waals surface area contributed by atoms with Crippen molar-refractivity contribution in [1.29, 1.82) is 0 Å².